The third-order valence-corrected chi connectivity index (χ3v) is 4.89. The Hall–Kier alpha value is -2.62. The molecule has 1 aliphatic rings. The molecule has 0 N–H and O–H groups in total. The third-order valence-electron chi connectivity index (χ3n) is 4.89. The first-order valence-corrected chi connectivity index (χ1v) is 8.83. The van der Waals surface area contributed by atoms with Crippen LogP contribution in [-0.2, 0) is 9.53 Å². The molecule has 0 bridgehead atoms. The molecule has 1 aliphatic carbocycles. The molecule has 0 fully saturated rings. The molecular weight excluding hydrogens is 328 g/mol. The fraction of sp³-hybridized carbons (Fsp3) is 0.364. The highest BCUT2D eigenvalue weighted by molar-refractivity contribution is 6.06. The summed E-state index contributed by atoms with van der Waals surface area (Å²) in [5.41, 5.74) is 4.36. The van der Waals surface area contributed by atoms with Gasteiger partial charge in [-0.1, -0.05) is 37.6 Å². The molecule has 0 heterocycles. The second-order valence-corrected chi connectivity index (χ2v) is 7.17. The number of Topliss-reactive ketones (excluding diaryl/α,β-unsaturated/α-hetero) is 1. The smallest absolute Gasteiger partial charge is 0.309 e. The predicted octanol–water partition coefficient (Wildman–Crippen LogP) is 4.53. The lowest BCUT2D eigenvalue weighted by molar-refractivity contribution is -0.153. The van der Waals surface area contributed by atoms with Crippen LogP contribution < -0.4 is 4.74 Å². The largest absolute Gasteiger partial charge is 0.497 e. The monoisotopic (exact) mass is 352 g/mol. The molecule has 2 unspecified atom stereocenters. The van der Waals surface area contributed by atoms with Gasteiger partial charge in [-0.25, -0.2) is 0 Å². The molecule has 4 nitrogen and oxygen atoms in total. The number of hydrogen-bond acceptors (Lipinski definition) is 4. The molecule has 26 heavy (non-hydrogen) atoms. The molecule has 0 radical (unpaired) electrons. The summed E-state index contributed by atoms with van der Waals surface area (Å²) in [6, 6.07) is 11.3. The highest BCUT2D eigenvalue weighted by Crippen LogP contribution is 2.47. The molecule has 4 heteroatoms. The minimum atomic E-state index is -0.635. The first-order chi connectivity index (χ1) is 12.3. The predicted molar refractivity (Wildman–Crippen MR) is 99.7 cm³/mol. The van der Waals surface area contributed by atoms with Crippen LogP contribution in [0, 0.1) is 19.8 Å². The van der Waals surface area contributed by atoms with Crippen LogP contribution in [0.15, 0.2) is 36.4 Å². The van der Waals surface area contributed by atoms with Crippen LogP contribution >= 0.6 is 0 Å². The molecule has 0 aromatic heterocycles. The van der Waals surface area contributed by atoms with Crippen LogP contribution in [0.25, 0.3) is 0 Å². The van der Waals surface area contributed by atoms with Gasteiger partial charge in [0.15, 0.2) is 5.78 Å². The van der Waals surface area contributed by atoms with Crippen LogP contribution in [0.2, 0.25) is 0 Å². The van der Waals surface area contributed by atoms with E-state index in [0.717, 1.165) is 16.7 Å². The second kappa shape index (κ2) is 6.94. The summed E-state index contributed by atoms with van der Waals surface area (Å²) in [6.45, 7) is 7.58. The van der Waals surface area contributed by atoms with E-state index >= 15 is 0 Å². The lowest BCUT2D eigenvalue weighted by Crippen LogP contribution is -2.21. The van der Waals surface area contributed by atoms with Crippen molar-refractivity contribution in [1.82, 2.24) is 0 Å². The number of carbonyl (C=O) groups excluding carboxylic acids is 2. The normalized spacial score (nSPS) is 18.8. The maximum Gasteiger partial charge on any atom is 0.309 e. The minimum Gasteiger partial charge on any atom is -0.497 e. The number of rotatable bonds is 4. The van der Waals surface area contributed by atoms with Gasteiger partial charge in [0.1, 0.15) is 11.9 Å². The Morgan fingerprint density at radius 1 is 1.04 bits per heavy atom. The number of ketones is 1. The number of aryl methyl sites for hydroxylation is 2. The quantitative estimate of drug-likeness (QED) is 0.759. The van der Waals surface area contributed by atoms with Gasteiger partial charge in [-0.05, 0) is 43.2 Å². The summed E-state index contributed by atoms with van der Waals surface area (Å²) in [6.07, 6.45) is -0.635. The molecule has 0 saturated carbocycles. The number of ether oxygens (including phenoxy) is 2. The van der Waals surface area contributed by atoms with Crippen molar-refractivity contribution in [3.63, 3.8) is 0 Å². The number of fused-ring (bicyclic) bond motifs is 1. The molecular formula is C22H24O4. The van der Waals surface area contributed by atoms with Crippen molar-refractivity contribution in [3.05, 3.63) is 64.2 Å². The van der Waals surface area contributed by atoms with Crippen molar-refractivity contribution in [2.24, 2.45) is 5.92 Å². The fourth-order valence-corrected chi connectivity index (χ4v) is 3.48. The van der Waals surface area contributed by atoms with E-state index in [-0.39, 0.29) is 17.7 Å². The summed E-state index contributed by atoms with van der Waals surface area (Å²) >= 11 is 0. The van der Waals surface area contributed by atoms with E-state index in [9.17, 15) is 9.59 Å². The Balaban J connectivity index is 2.12. The van der Waals surface area contributed by atoms with Gasteiger partial charge in [0.2, 0.25) is 0 Å². The van der Waals surface area contributed by atoms with Gasteiger partial charge in [-0.15, -0.1) is 0 Å². The van der Waals surface area contributed by atoms with Crippen molar-refractivity contribution in [3.8, 4) is 5.75 Å². The summed E-state index contributed by atoms with van der Waals surface area (Å²) in [5, 5.41) is 0. The van der Waals surface area contributed by atoms with E-state index < -0.39 is 12.0 Å². The third kappa shape index (κ3) is 3.12. The summed E-state index contributed by atoms with van der Waals surface area (Å²) in [4.78, 5) is 25.5. The standard InChI is InChI=1S/C22H24O4/c1-12(2)22(24)26-21-18-11-15(25-5)7-9-17(18)20(23)19(21)16-8-6-13(3)10-14(16)4/h6-12,19,21H,1-5H3. The van der Waals surface area contributed by atoms with Crippen molar-refractivity contribution in [2.75, 3.05) is 7.11 Å². The first kappa shape index (κ1) is 18.2. The average molecular weight is 352 g/mol. The molecule has 2 aromatic carbocycles. The molecule has 136 valence electrons. The Bertz CT molecular complexity index is 866. The summed E-state index contributed by atoms with van der Waals surface area (Å²) < 4.78 is 11.1. The Labute approximate surface area is 154 Å². The molecule has 0 spiro atoms. The molecule has 2 aromatic rings. The number of hydrogen-bond donors (Lipinski definition) is 0. The van der Waals surface area contributed by atoms with Crippen LogP contribution in [0.1, 0.15) is 58.5 Å². The zero-order chi connectivity index (χ0) is 19.0. The van der Waals surface area contributed by atoms with Gasteiger partial charge >= 0.3 is 5.97 Å². The van der Waals surface area contributed by atoms with Crippen molar-refractivity contribution in [2.45, 2.75) is 39.7 Å². The van der Waals surface area contributed by atoms with Gasteiger partial charge in [0.05, 0.1) is 18.9 Å². The molecule has 0 amide bonds. The van der Waals surface area contributed by atoms with E-state index in [1.807, 2.05) is 32.0 Å². The van der Waals surface area contributed by atoms with E-state index in [1.165, 1.54) is 0 Å². The Morgan fingerprint density at radius 2 is 1.77 bits per heavy atom. The van der Waals surface area contributed by atoms with Gasteiger partial charge in [0, 0.05) is 11.1 Å². The molecule has 0 aliphatic heterocycles. The lowest BCUT2D eigenvalue weighted by atomic mass is 9.89. The van der Waals surface area contributed by atoms with Gasteiger partial charge in [0.25, 0.3) is 0 Å². The van der Waals surface area contributed by atoms with Crippen LogP contribution in [-0.4, -0.2) is 18.9 Å². The number of carbonyl (C=O) groups is 2. The summed E-state index contributed by atoms with van der Waals surface area (Å²) in [7, 11) is 1.58. The topological polar surface area (TPSA) is 52.6 Å². The van der Waals surface area contributed by atoms with E-state index in [1.54, 1.807) is 39.2 Å². The SMILES string of the molecule is COc1ccc2c(c1)C(OC(=O)C(C)C)C(c1ccc(C)cc1C)C2=O. The van der Waals surface area contributed by atoms with Crippen LogP contribution in [0.5, 0.6) is 5.75 Å². The summed E-state index contributed by atoms with van der Waals surface area (Å²) in [5.74, 6) is -0.479. The number of benzene rings is 2. The van der Waals surface area contributed by atoms with Crippen LogP contribution in [0.3, 0.4) is 0 Å². The van der Waals surface area contributed by atoms with Crippen molar-refractivity contribution >= 4 is 11.8 Å². The maximum atomic E-state index is 13.2. The van der Waals surface area contributed by atoms with Gasteiger partial charge in [-0.2, -0.15) is 0 Å². The molecule has 3 rings (SSSR count). The Kier molecular flexibility index (Phi) is 4.86. The molecule has 2 atom stereocenters. The minimum absolute atomic E-state index is 0.0174. The average Bonchev–Trinajstić information content (AvgIpc) is 2.86. The highest BCUT2D eigenvalue weighted by atomic mass is 16.5. The number of methoxy groups -OCH3 is 1. The maximum absolute atomic E-state index is 13.2. The first-order valence-electron chi connectivity index (χ1n) is 8.83. The van der Waals surface area contributed by atoms with Crippen molar-refractivity contribution < 1.29 is 19.1 Å². The Morgan fingerprint density at radius 3 is 2.38 bits per heavy atom. The van der Waals surface area contributed by atoms with Crippen molar-refractivity contribution in [1.29, 1.82) is 0 Å². The zero-order valence-corrected chi connectivity index (χ0v) is 15.8. The van der Waals surface area contributed by atoms with E-state index in [4.69, 9.17) is 9.47 Å². The van der Waals surface area contributed by atoms with Gasteiger partial charge in [-0.3, -0.25) is 9.59 Å². The van der Waals surface area contributed by atoms with Gasteiger partial charge < -0.3 is 9.47 Å². The lowest BCUT2D eigenvalue weighted by Gasteiger charge is -2.23. The fourth-order valence-electron chi connectivity index (χ4n) is 3.48. The van der Waals surface area contributed by atoms with E-state index in [0.29, 0.717) is 16.9 Å². The number of esters is 1. The second-order valence-electron chi connectivity index (χ2n) is 7.17. The zero-order valence-electron chi connectivity index (χ0n) is 15.8. The van der Waals surface area contributed by atoms with E-state index in [2.05, 4.69) is 0 Å². The highest BCUT2D eigenvalue weighted by Gasteiger charge is 2.44. The van der Waals surface area contributed by atoms with Crippen LogP contribution in [0.4, 0.5) is 0 Å². The molecule has 0 saturated heterocycles.